The SMILES string of the molecule is CC1CCC(O)(C2CCOC3(CCC3)C2)CC1. The van der Waals surface area contributed by atoms with Crippen molar-refractivity contribution in [3.8, 4) is 0 Å². The molecule has 1 unspecified atom stereocenters. The Labute approximate surface area is 105 Å². The van der Waals surface area contributed by atoms with Gasteiger partial charge in [-0.25, -0.2) is 0 Å². The first-order valence-corrected chi connectivity index (χ1v) is 7.48. The monoisotopic (exact) mass is 238 g/mol. The highest BCUT2D eigenvalue weighted by Gasteiger charge is 2.49. The lowest BCUT2D eigenvalue weighted by Gasteiger charge is -2.52. The van der Waals surface area contributed by atoms with Gasteiger partial charge in [-0.05, 0) is 69.6 Å². The molecule has 1 spiro atoms. The van der Waals surface area contributed by atoms with Crippen molar-refractivity contribution in [1.82, 2.24) is 0 Å². The average Bonchev–Trinajstić information content (AvgIpc) is 2.31. The summed E-state index contributed by atoms with van der Waals surface area (Å²) in [5.41, 5.74) is -0.180. The van der Waals surface area contributed by atoms with Crippen molar-refractivity contribution >= 4 is 0 Å². The van der Waals surface area contributed by atoms with E-state index >= 15 is 0 Å². The number of hydrogen-bond donors (Lipinski definition) is 1. The standard InChI is InChI=1S/C15H26O2/c1-12-3-8-15(16,9-4-12)13-5-10-17-14(11-13)6-2-7-14/h12-13,16H,2-11H2,1H3. The smallest absolute Gasteiger partial charge is 0.0686 e. The van der Waals surface area contributed by atoms with Gasteiger partial charge in [0.2, 0.25) is 0 Å². The molecule has 0 bridgehead atoms. The molecular weight excluding hydrogens is 212 g/mol. The van der Waals surface area contributed by atoms with Gasteiger partial charge in [0.15, 0.2) is 0 Å². The molecule has 1 heterocycles. The molecule has 0 amide bonds. The first kappa shape index (κ1) is 12.0. The third kappa shape index (κ3) is 2.15. The highest BCUT2D eigenvalue weighted by atomic mass is 16.5. The molecule has 0 aromatic carbocycles. The summed E-state index contributed by atoms with van der Waals surface area (Å²) in [6.45, 7) is 3.19. The molecule has 3 rings (SSSR count). The van der Waals surface area contributed by atoms with Gasteiger partial charge in [-0.1, -0.05) is 6.92 Å². The van der Waals surface area contributed by atoms with Crippen LogP contribution in [0.1, 0.15) is 64.7 Å². The molecule has 2 nitrogen and oxygen atoms in total. The van der Waals surface area contributed by atoms with Crippen LogP contribution in [-0.4, -0.2) is 22.9 Å². The quantitative estimate of drug-likeness (QED) is 0.759. The Morgan fingerprint density at radius 3 is 2.35 bits per heavy atom. The van der Waals surface area contributed by atoms with Gasteiger partial charge in [0.25, 0.3) is 0 Å². The lowest BCUT2D eigenvalue weighted by molar-refractivity contribution is -0.182. The molecule has 3 fully saturated rings. The van der Waals surface area contributed by atoms with Crippen molar-refractivity contribution in [3.05, 3.63) is 0 Å². The van der Waals surface area contributed by atoms with Crippen LogP contribution in [0.4, 0.5) is 0 Å². The van der Waals surface area contributed by atoms with Crippen LogP contribution in [0.5, 0.6) is 0 Å². The highest BCUT2D eigenvalue weighted by Crippen LogP contribution is 2.49. The highest BCUT2D eigenvalue weighted by molar-refractivity contribution is 5.00. The molecule has 1 atom stereocenters. The predicted octanol–water partition coefficient (Wildman–Crippen LogP) is 3.28. The Balaban J connectivity index is 1.66. The van der Waals surface area contributed by atoms with E-state index in [1.54, 1.807) is 0 Å². The normalized spacial score (nSPS) is 45.5. The van der Waals surface area contributed by atoms with Crippen LogP contribution in [-0.2, 0) is 4.74 Å². The van der Waals surface area contributed by atoms with E-state index in [-0.39, 0.29) is 11.2 Å². The summed E-state index contributed by atoms with van der Waals surface area (Å²) in [7, 11) is 0. The molecule has 1 aliphatic heterocycles. The number of rotatable bonds is 1. The van der Waals surface area contributed by atoms with E-state index in [9.17, 15) is 5.11 Å². The summed E-state index contributed by atoms with van der Waals surface area (Å²) in [5.74, 6) is 1.32. The molecule has 0 radical (unpaired) electrons. The van der Waals surface area contributed by atoms with Gasteiger partial charge in [0, 0.05) is 6.61 Å². The third-order valence-electron chi connectivity index (χ3n) is 5.66. The average molecular weight is 238 g/mol. The minimum Gasteiger partial charge on any atom is -0.390 e. The van der Waals surface area contributed by atoms with Crippen LogP contribution in [0.15, 0.2) is 0 Å². The Morgan fingerprint density at radius 2 is 1.76 bits per heavy atom. The van der Waals surface area contributed by atoms with Gasteiger partial charge >= 0.3 is 0 Å². The fourth-order valence-electron chi connectivity index (χ4n) is 4.08. The summed E-state index contributed by atoms with van der Waals surface area (Å²) in [4.78, 5) is 0. The first-order valence-electron chi connectivity index (χ1n) is 7.48. The van der Waals surface area contributed by atoms with Crippen LogP contribution < -0.4 is 0 Å². The van der Waals surface area contributed by atoms with E-state index in [0.29, 0.717) is 5.92 Å². The molecule has 1 saturated heterocycles. The van der Waals surface area contributed by atoms with Crippen molar-refractivity contribution in [2.45, 2.75) is 75.9 Å². The molecule has 0 aromatic rings. The second-order valence-corrected chi connectivity index (χ2v) is 6.86. The minimum atomic E-state index is -0.362. The summed E-state index contributed by atoms with van der Waals surface area (Å²) >= 11 is 0. The van der Waals surface area contributed by atoms with Crippen molar-refractivity contribution in [2.24, 2.45) is 11.8 Å². The number of aliphatic hydroxyl groups is 1. The van der Waals surface area contributed by atoms with E-state index in [1.165, 1.54) is 32.1 Å². The second kappa shape index (κ2) is 4.24. The molecule has 1 N–H and O–H groups in total. The van der Waals surface area contributed by atoms with Crippen LogP contribution >= 0.6 is 0 Å². The Bertz CT molecular complexity index is 275. The van der Waals surface area contributed by atoms with E-state index < -0.39 is 0 Å². The maximum atomic E-state index is 10.9. The van der Waals surface area contributed by atoms with E-state index in [0.717, 1.165) is 38.2 Å². The van der Waals surface area contributed by atoms with Crippen molar-refractivity contribution in [3.63, 3.8) is 0 Å². The van der Waals surface area contributed by atoms with Gasteiger partial charge in [-0.15, -0.1) is 0 Å². The molecule has 17 heavy (non-hydrogen) atoms. The summed E-state index contributed by atoms with van der Waals surface area (Å²) in [5, 5.41) is 10.9. The first-order chi connectivity index (χ1) is 8.12. The molecule has 2 heteroatoms. The Morgan fingerprint density at radius 1 is 1.06 bits per heavy atom. The molecular formula is C15H26O2. The van der Waals surface area contributed by atoms with Crippen LogP contribution in [0.2, 0.25) is 0 Å². The maximum absolute atomic E-state index is 10.9. The maximum Gasteiger partial charge on any atom is 0.0686 e. The second-order valence-electron chi connectivity index (χ2n) is 6.86. The summed E-state index contributed by atoms with van der Waals surface area (Å²) in [6.07, 6.45) is 10.4. The summed E-state index contributed by atoms with van der Waals surface area (Å²) in [6, 6.07) is 0. The number of ether oxygens (including phenoxy) is 1. The molecule has 3 aliphatic rings. The third-order valence-corrected chi connectivity index (χ3v) is 5.66. The molecule has 2 aliphatic carbocycles. The Hall–Kier alpha value is -0.0800. The van der Waals surface area contributed by atoms with Crippen molar-refractivity contribution < 1.29 is 9.84 Å². The van der Waals surface area contributed by atoms with Crippen LogP contribution in [0.25, 0.3) is 0 Å². The zero-order valence-corrected chi connectivity index (χ0v) is 11.1. The topological polar surface area (TPSA) is 29.5 Å². The zero-order valence-electron chi connectivity index (χ0n) is 11.1. The van der Waals surface area contributed by atoms with E-state index in [4.69, 9.17) is 4.74 Å². The molecule has 98 valence electrons. The van der Waals surface area contributed by atoms with Crippen molar-refractivity contribution in [2.75, 3.05) is 6.61 Å². The van der Waals surface area contributed by atoms with Crippen molar-refractivity contribution in [1.29, 1.82) is 0 Å². The van der Waals surface area contributed by atoms with Gasteiger partial charge in [-0.3, -0.25) is 0 Å². The largest absolute Gasteiger partial charge is 0.390 e. The number of hydrogen-bond acceptors (Lipinski definition) is 2. The van der Waals surface area contributed by atoms with Crippen LogP contribution in [0.3, 0.4) is 0 Å². The minimum absolute atomic E-state index is 0.182. The van der Waals surface area contributed by atoms with E-state index in [2.05, 4.69) is 6.92 Å². The molecule has 2 saturated carbocycles. The fraction of sp³-hybridized carbons (Fsp3) is 1.00. The lowest BCUT2D eigenvalue weighted by atomic mass is 9.64. The zero-order chi connectivity index (χ0) is 11.9. The fourth-order valence-corrected chi connectivity index (χ4v) is 4.08. The van der Waals surface area contributed by atoms with Gasteiger partial charge < -0.3 is 9.84 Å². The van der Waals surface area contributed by atoms with Crippen LogP contribution in [0, 0.1) is 11.8 Å². The predicted molar refractivity (Wildman–Crippen MR) is 67.8 cm³/mol. The Kier molecular flexibility index (Phi) is 2.99. The van der Waals surface area contributed by atoms with Gasteiger partial charge in [-0.2, -0.15) is 0 Å². The van der Waals surface area contributed by atoms with Gasteiger partial charge in [0.05, 0.1) is 11.2 Å². The van der Waals surface area contributed by atoms with E-state index in [1.807, 2.05) is 0 Å². The molecule has 0 aromatic heterocycles. The lowest BCUT2D eigenvalue weighted by Crippen LogP contribution is -2.52. The van der Waals surface area contributed by atoms with Gasteiger partial charge in [0.1, 0.15) is 0 Å². The summed E-state index contributed by atoms with van der Waals surface area (Å²) < 4.78 is 5.98.